The Labute approximate surface area is 80.5 Å². The van der Waals surface area contributed by atoms with E-state index in [0.717, 1.165) is 6.20 Å². The molecule has 1 heterocycles. The molecule has 0 aliphatic rings. The molecule has 2 N–H and O–H groups in total. The molecular formula is C7H6BrF2NO2. The molecule has 0 aliphatic carbocycles. The van der Waals surface area contributed by atoms with Gasteiger partial charge in [0, 0.05) is 11.5 Å². The van der Waals surface area contributed by atoms with Crippen LogP contribution in [0.5, 0.6) is 5.75 Å². The molecule has 13 heavy (non-hydrogen) atoms. The van der Waals surface area contributed by atoms with Gasteiger partial charge in [-0.15, -0.1) is 0 Å². The van der Waals surface area contributed by atoms with Crippen LogP contribution in [0.4, 0.5) is 8.78 Å². The molecule has 0 radical (unpaired) electrons. The first-order valence-corrected chi connectivity index (χ1v) is 4.47. The highest BCUT2D eigenvalue weighted by atomic mass is 79.9. The summed E-state index contributed by atoms with van der Waals surface area (Å²) in [6.45, 7) is 0. The van der Waals surface area contributed by atoms with Crippen molar-refractivity contribution in [2.45, 2.75) is 11.8 Å². The van der Waals surface area contributed by atoms with Crippen molar-refractivity contribution in [1.29, 1.82) is 0 Å². The van der Waals surface area contributed by atoms with E-state index in [1.165, 1.54) is 0 Å². The average molecular weight is 254 g/mol. The maximum atomic E-state index is 12.3. The van der Waals surface area contributed by atoms with Gasteiger partial charge in [0.25, 0.3) is 12.0 Å². The SMILES string of the molecule is O=c1[nH]cc(CBr)c(C(F)F)c1O. The summed E-state index contributed by atoms with van der Waals surface area (Å²) in [5, 5.41) is 9.19. The van der Waals surface area contributed by atoms with Crippen LogP contribution >= 0.6 is 15.9 Å². The number of aromatic amines is 1. The number of rotatable bonds is 2. The molecule has 0 spiro atoms. The summed E-state index contributed by atoms with van der Waals surface area (Å²) in [6, 6.07) is 0. The largest absolute Gasteiger partial charge is 0.503 e. The van der Waals surface area contributed by atoms with Crippen molar-refractivity contribution in [2.75, 3.05) is 0 Å². The van der Waals surface area contributed by atoms with E-state index in [1.807, 2.05) is 0 Å². The van der Waals surface area contributed by atoms with Crippen LogP contribution in [-0.4, -0.2) is 10.1 Å². The quantitative estimate of drug-likeness (QED) is 0.792. The summed E-state index contributed by atoms with van der Waals surface area (Å²) in [7, 11) is 0. The van der Waals surface area contributed by atoms with Gasteiger partial charge in [-0.3, -0.25) is 4.79 Å². The Kier molecular flexibility index (Phi) is 3.02. The van der Waals surface area contributed by atoms with E-state index < -0.39 is 23.3 Å². The second-order valence-electron chi connectivity index (χ2n) is 2.34. The van der Waals surface area contributed by atoms with Gasteiger partial charge >= 0.3 is 0 Å². The summed E-state index contributed by atoms with van der Waals surface area (Å²) in [5.41, 5.74) is -1.34. The minimum absolute atomic E-state index is 0.150. The first-order valence-electron chi connectivity index (χ1n) is 3.35. The second-order valence-corrected chi connectivity index (χ2v) is 2.90. The van der Waals surface area contributed by atoms with Gasteiger partial charge in [0.15, 0.2) is 5.75 Å². The van der Waals surface area contributed by atoms with Crippen molar-refractivity contribution < 1.29 is 13.9 Å². The average Bonchev–Trinajstić information content (AvgIpc) is 2.08. The molecule has 0 saturated carbocycles. The Balaban J connectivity index is 3.41. The highest BCUT2D eigenvalue weighted by molar-refractivity contribution is 9.08. The van der Waals surface area contributed by atoms with Gasteiger partial charge in [-0.1, -0.05) is 15.9 Å². The topological polar surface area (TPSA) is 53.1 Å². The highest BCUT2D eigenvalue weighted by Gasteiger charge is 2.19. The molecule has 0 aromatic carbocycles. The van der Waals surface area contributed by atoms with E-state index in [-0.39, 0.29) is 10.9 Å². The molecule has 72 valence electrons. The highest BCUT2D eigenvalue weighted by Crippen LogP contribution is 2.29. The van der Waals surface area contributed by atoms with Crippen LogP contribution in [0.15, 0.2) is 11.0 Å². The van der Waals surface area contributed by atoms with E-state index in [2.05, 4.69) is 20.9 Å². The van der Waals surface area contributed by atoms with Crippen LogP contribution in [0.3, 0.4) is 0 Å². The Morgan fingerprint density at radius 1 is 1.62 bits per heavy atom. The number of H-pyrrole nitrogens is 1. The predicted octanol–water partition coefficient (Wildman–Crippen LogP) is 1.91. The summed E-state index contributed by atoms with van der Waals surface area (Å²) < 4.78 is 24.6. The van der Waals surface area contributed by atoms with Gasteiger partial charge in [0.05, 0.1) is 5.56 Å². The fraction of sp³-hybridized carbons (Fsp3) is 0.286. The lowest BCUT2D eigenvalue weighted by Gasteiger charge is -2.06. The molecule has 0 saturated heterocycles. The lowest BCUT2D eigenvalue weighted by atomic mass is 10.1. The molecule has 3 nitrogen and oxygen atoms in total. The Hall–Kier alpha value is -0.910. The number of aromatic hydroxyl groups is 1. The number of nitrogens with one attached hydrogen (secondary N) is 1. The Bertz CT molecular complexity index is 364. The van der Waals surface area contributed by atoms with Crippen molar-refractivity contribution in [3.8, 4) is 5.75 Å². The van der Waals surface area contributed by atoms with Crippen LogP contribution in [0, 0.1) is 0 Å². The van der Waals surface area contributed by atoms with Crippen LogP contribution in [0.2, 0.25) is 0 Å². The molecule has 1 aromatic rings. The van der Waals surface area contributed by atoms with Gasteiger partial charge in [0.1, 0.15) is 0 Å². The van der Waals surface area contributed by atoms with Crippen LogP contribution < -0.4 is 5.56 Å². The molecule has 1 rings (SSSR count). The van der Waals surface area contributed by atoms with Crippen LogP contribution in [-0.2, 0) is 5.33 Å². The maximum absolute atomic E-state index is 12.3. The van der Waals surface area contributed by atoms with Gasteiger partial charge in [-0.05, 0) is 5.56 Å². The second kappa shape index (κ2) is 3.87. The lowest BCUT2D eigenvalue weighted by Crippen LogP contribution is -2.09. The van der Waals surface area contributed by atoms with Crippen molar-refractivity contribution >= 4 is 15.9 Å². The fourth-order valence-electron chi connectivity index (χ4n) is 0.927. The monoisotopic (exact) mass is 253 g/mol. The predicted molar refractivity (Wildman–Crippen MR) is 46.3 cm³/mol. The Morgan fingerprint density at radius 2 is 2.23 bits per heavy atom. The summed E-state index contributed by atoms with van der Waals surface area (Å²) in [4.78, 5) is 12.9. The number of hydrogen-bond acceptors (Lipinski definition) is 2. The number of pyridine rings is 1. The molecule has 1 aromatic heterocycles. The van der Waals surface area contributed by atoms with E-state index >= 15 is 0 Å². The first kappa shape index (κ1) is 10.2. The maximum Gasteiger partial charge on any atom is 0.290 e. The van der Waals surface area contributed by atoms with Gasteiger partial charge in [0.2, 0.25) is 0 Å². The molecule has 0 unspecified atom stereocenters. The minimum atomic E-state index is -2.85. The van der Waals surface area contributed by atoms with Crippen molar-refractivity contribution in [1.82, 2.24) is 4.98 Å². The minimum Gasteiger partial charge on any atom is -0.503 e. The number of alkyl halides is 3. The molecule has 0 aliphatic heterocycles. The zero-order valence-electron chi connectivity index (χ0n) is 6.35. The summed E-state index contributed by atoms with van der Waals surface area (Å²) in [6.07, 6.45) is -1.70. The van der Waals surface area contributed by atoms with Crippen LogP contribution in [0.25, 0.3) is 0 Å². The first-order chi connectivity index (χ1) is 6.07. The summed E-state index contributed by atoms with van der Waals surface area (Å²) in [5.74, 6) is -0.910. The normalized spacial score (nSPS) is 10.8. The van der Waals surface area contributed by atoms with E-state index in [0.29, 0.717) is 0 Å². The number of aromatic nitrogens is 1. The summed E-state index contributed by atoms with van der Waals surface area (Å²) >= 11 is 2.97. The zero-order chi connectivity index (χ0) is 10.0. The lowest BCUT2D eigenvalue weighted by molar-refractivity contribution is 0.146. The zero-order valence-corrected chi connectivity index (χ0v) is 7.94. The molecule has 0 atom stereocenters. The van der Waals surface area contributed by atoms with Crippen molar-refractivity contribution in [3.63, 3.8) is 0 Å². The van der Waals surface area contributed by atoms with Gasteiger partial charge < -0.3 is 10.1 Å². The van der Waals surface area contributed by atoms with E-state index in [1.54, 1.807) is 0 Å². The third kappa shape index (κ3) is 1.88. The van der Waals surface area contributed by atoms with Crippen molar-refractivity contribution in [2.24, 2.45) is 0 Å². The Morgan fingerprint density at radius 3 is 2.69 bits per heavy atom. The molecular weight excluding hydrogens is 248 g/mol. The number of hydrogen-bond donors (Lipinski definition) is 2. The smallest absolute Gasteiger partial charge is 0.290 e. The standard InChI is InChI=1S/C7H6BrF2NO2/c8-1-3-2-11-7(13)5(12)4(3)6(9)10/h2,6,12H,1H2,(H,11,13). The molecule has 0 bridgehead atoms. The van der Waals surface area contributed by atoms with E-state index in [4.69, 9.17) is 5.11 Å². The van der Waals surface area contributed by atoms with Crippen molar-refractivity contribution in [3.05, 3.63) is 27.7 Å². The van der Waals surface area contributed by atoms with Gasteiger partial charge in [-0.25, -0.2) is 8.78 Å². The fourth-order valence-corrected chi connectivity index (χ4v) is 1.39. The van der Waals surface area contributed by atoms with Gasteiger partial charge in [-0.2, -0.15) is 0 Å². The third-order valence-electron chi connectivity index (χ3n) is 1.56. The third-order valence-corrected chi connectivity index (χ3v) is 2.16. The van der Waals surface area contributed by atoms with E-state index in [9.17, 15) is 13.6 Å². The van der Waals surface area contributed by atoms with Crippen LogP contribution in [0.1, 0.15) is 17.6 Å². The molecule has 6 heteroatoms. The molecule has 0 fully saturated rings. The number of halogens is 3. The molecule has 0 amide bonds.